The van der Waals surface area contributed by atoms with Crippen LogP contribution in [0.4, 0.5) is 0 Å². The van der Waals surface area contributed by atoms with Gasteiger partial charge in [0.15, 0.2) is 0 Å². The van der Waals surface area contributed by atoms with Gasteiger partial charge >= 0.3 is 4.87 Å². The lowest BCUT2D eigenvalue weighted by Crippen LogP contribution is -2.35. The zero-order chi connectivity index (χ0) is 14.8. The number of carbonyl (C=O) groups excluding carboxylic acids is 1. The van der Waals surface area contributed by atoms with Crippen LogP contribution in [0.5, 0.6) is 0 Å². The van der Waals surface area contributed by atoms with Gasteiger partial charge in [-0.3, -0.25) is 19.1 Å². The Balaban J connectivity index is 1.79. The smallest absolute Gasteiger partial charge is 0.307 e. The predicted octanol–water partition coefficient (Wildman–Crippen LogP) is 1.98. The number of carbonyl (C=O) groups is 1. The number of aromatic nitrogens is 2. The summed E-state index contributed by atoms with van der Waals surface area (Å²) in [6, 6.07) is 4.02. The zero-order valence-corrected chi connectivity index (χ0v) is 12.7. The summed E-state index contributed by atoms with van der Waals surface area (Å²) in [5.74, 6) is 0.0120. The minimum Gasteiger partial charge on any atom is -0.334 e. The molecule has 1 aliphatic heterocycles. The fraction of sp³-hybridized carbons (Fsp3) is 0.400. The van der Waals surface area contributed by atoms with Gasteiger partial charge in [-0.25, -0.2) is 0 Å². The molecule has 0 saturated carbocycles. The molecule has 1 amide bonds. The van der Waals surface area contributed by atoms with Gasteiger partial charge in [-0.2, -0.15) is 0 Å². The summed E-state index contributed by atoms with van der Waals surface area (Å²) in [4.78, 5) is 30.1. The minimum atomic E-state index is -0.0690. The van der Waals surface area contributed by atoms with Gasteiger partial charge < -0.3 is 4.90 Å². The maximum Gasteiger partial charge on any atom is 0.307 e. The van der Waals surface area contributed by atoms with Gasteiger partial charge in [-0.15, -0.1) is 0 Å². The molecule has 3 rings (SSSR count). The summed E-state index contributed by atoms with van der Waals surface area (Å²) in [7, 11) is 0. The predicted molar refractivity (Wildman–Crippen MR) is 81.2 cm³/mol. The van der Waals surface area contributed by atoms with Crippen molar-refractivity contribution < 1.29 is 4.79 Å². The molecule has 3 heterocycles. The monoisotopic (exact) mass is 303 g/mol. The van der Waals surface area contributed by atoms with Crippen LogP contribution in [-0.2, 0) is 11.3 Å². The largest absolute Gasteiger partial charge is 0.334 e. The van der Waals surface area contributed by atoms with Crippen molar-refractivity contribution in [1.29, 1.82) is 0 Å². The number of aryl methyl sites for hydroxylation is 1. The second kappa shape index (κ2) is 5.81. The minimum absolute atomic E-state index is 0.0120. The summed E-state index contributed by atoms with van der Waals surface area (Å²) >= 11 is 1.14. The van der Waals surface area contributed by atoms with Crippen molar-refractivity contribution in [1.82, 2.24) is 14.5 Å². The van der Waals surface area contributed by atoms with E-state index in [1.54, 1.807) is 22.3 Å². The Kier molecular flexibility index (Phi) is 3.88. The van der Waals surface area contributed by atoms with Crippen LogP contribution in [0.1, 0.15) is 30.1 Å². The summed E-state index contributed by atoms with van der Waals surface area (Å²) in [6.07, 6.45) is 5.47. The quantitative estimate of drug-likeness (QED) is 0.871. The molecule has 1 atom stereocenters. The maximum atomic E-state index is 12.6. The van der Waals surface area contributed by atoms with Gasteiger partial charge in [-0.1, -0.05) is 11.3 Å². The van der Waals surface area contributed by atoms with Gasteiger partial charge in [0, 0.05) is 30.0 Å². The Morgan fingerprint density at radius 1 is 1.43 bits per heavy atom. The van der Waals surface area contributed by atoms with E-state index in [1.807, 2.05) is 24.0 Å². The second-order valence-corrected chi connectivity index (χ2v) is 6.08. The maximum absolute atomic E-state index is 12.6. The molecule has 0 aromatic carbocycles. The van der Waals surface area contributed by atoms with E-state index in [9.17, 15) is 9.59 Å². The first-order valence-electron chi connectivity index (χ1n) is 7.01. The third-order valence-electron chi connectivity index (χ3n) is 3.93. The van der Waals surface area contributed by atoms with E-state index in [0.717, 1.165) is 42.0 Å². The molecule has 1 saturated heterocycles. The highest BCUT2D eigenvalue weighted by molar-refractivity contribution is 7.07. The fourth-order valence-electron chi connectivity index (χ4n) is 2.82. The van der Waals surface area contributed by atoms with Crippen LogP contribution in [0.2, 0.25) is 0 Å². The first kappa shape index (κ1) is 14.0. The lowest BCUT2D eigenvalue weighted by atomic mass is 10.1. The van der Waals surface area contributed by atoms with E-state index in [4.69, 9.17) is 0 Å². The Morgan fingerprint density at radius 3 is 2.86 bits per heavy atom. The highest BCUT2D eigenvalue weighted by atomic mass is 32.1. The molecule has 6 heteroatoms. The Morgan fingerprint density at radius 2 is 2.19 bits per heavy atom. The van der Waals surface area contributed by atoms with Gasteiger partial charge in [0.2, 0.25) is 5.91 Å². The van der Waals surface area contributed by atoms with Gasteiger partial charge in [0.25, 0.3) is 0 Å². The van der Waals surface area contributed by atoms with Crippen molar-refractivity contribution in [3.8, 4) is 0 Å². The van der Waals surface area contributed by atoms with Crippen molar-refractivity contribution in [3.63, 3.8) is 0 Å². The Hall–Kier alpha value is -1.95. The molecule has 5 nitrogen and oxygen atoms in total. The molecule has 1 unspecified atom stereocenters. The van der Waals surface area contributed by atoms with Crippen LogP contribution in [0, 0.1) is 6.92 Å². The van der Waals surface area contributed by atoms with Crippen molar-refractivity contribution in [3.05, 3.63) is 50.8 Å². The van der Waals surface area contributed by atoms with Crippen molar-refractivity contribution in [2.75, 3.05) is 6.54 Å². The summed E-state index contributed by atoms with van der Waals surface area (Å²) in [5, 5.41) is 1.79. The van der Waals surface area contributed by atoms with Crippen LogP contribution in [0.3, 0.4) is 0 Å². The van der Waals surface area contributed by atoms with E-state index in [0.29, 0.717) is 0 Å². The molecule has 2 aromatic heterocycles. The summed E-state index contributed by atoms with van der Waals surface area (Å²) in [6.45, 7) is 2.75. The highest BCUT2D eigenvalue weighted by Gasteiger charge is 2.30. The number of hydrogen-bond acceptors (Lipinski definition) is 4. The Labute approximate surface area is 126 Å². The van der Waals surface area contributed by atoms with Crippen molar-refractivity contribution >= 4 is 17.2 Å². The molecule has 0 N–H and O–H groups in total. The average molecular weight is 303 g/mol. The molecule has 0 spiro atoms. The lowest BCUT2D eigenvalue weighted by molar-refractivity contribution is -0.132. The third kappa shape index (κ3) is 2.76. The lowest BCUT2D eigenvalue weighted by Gasteiger charge is -2.25. The molecular weight excluding hydrogens is 286 g/mol. The van der Waals surface area contributed by atoms with Crippen LogP contribution >= 0.6 is 11.3 Å². The van der Waals surface area contributed by atoms with Gasteiger partial charge in [0.05, 0.1) is 6.04 Å². The topological polar surface area (TPSA) is 55.2 Å². The number of pyridine rings is 1. The molecule has 21 heavy (non-hydrogen) atoms. The first-order chi connectivity index (χ1) is 10.2. The number of thiazole rings is 1. The van der Waals surface area contributed by atoms with E-state index >= 15 is 0 Å². The van der Waals surface area contributed by atoms with Crippen molar-refractivity contribution in [2.45, 2.75) is 32.4 Å². The van der Waals surface area contributed by atoms with Gasteiger partial charge in [0.1, 0.15) is 6.54 Å². The molecular formula is C15H17N3O2S. The Bertz CT molecular complexity index is 692. The van der Waals surface area contributed by atoms with Crippen LogP contribution in [0.15, 0.2) is 34.7 Å². The molecule has 0 radical (unpaired) electrons. The molecule has 110 valence electrons. The normalized spacial score (nSPS) is 18.1. The molecule has 0 bridgehead atoms. The third-order valence-corrected chi connectivity index (χ3v) is 4.81. The van der Waals surface area contributed by atoms with Crippen LogP contribution in [0.25, 0.3) is 0 Å². The molecule has 1 fully saturated rings. The van der Waals surface area contributed by atoms with Crippen LogP contribution in [-0.4, -0.2) is 26.9 Å². The van der Waals surface area contributed by atoms with Gasteiger partial charge in [-0.05, 0) is 37.5 Å². The number of rotatable bonds is 3. The highest BCUT2D eigenvalue weighted by Crippen LogP contribution is 2.31. The second-order valence-electron chi connectivity index (χ2n) is 5.25. The summed E-state index contributed by atoms with van der Waals surface area (Å²) in [5.41, 5.74) is 1.96. The molecule has 2 aromatic rings. The molecule has 1 aliphatic rings. The molecule has 0 aliphatic carbocycles. The van der Waals surface area contributed by atoms with Crippen LogP contribution < -0.4 is 4.87 Å². The number of nitrogens with zero attached hydrogens (tertiary/aromatic N) is 3. The van der Waals surface area contributed by atoms with Crippen molar-refractivity contribution in [2.24, 2.45) is 0 Å². The average Bonchev–Trinajstić information content (AvgIpc) is 3.10. The number of likely N-dealkylation sites (tertiary alicyclic amines) is 1. The van der Waals surface area contributed by atoms with E-state index in [2.05, 4.69) is 4.98 Å². The SMILES string of the molecule is Cc1csc(=O)n1CC(=O)N1CCCC1c1ccncc1. The fourth-order valence-corrected chi connectivity index (χ4v) is 3.55. The number of amides is 1. The first-order valence-corrected chi connectivity index (χ1v) is 7.89. The standard InChI is InChI=1S/C15H17N3O2S/c1-11-10-21-15(20)18(11)9-14(19)17-8-2-3-13(17)12-4-6-16-7-5-12/h4-7,10,13H,2-3,8-9H2,1H3. The van der Waals surface area contributed by atoms with E-state index in [-0.39, 0.29) is 23.4 Å². The zero-order valence-electron chi connectivity index (χ0n) is 11.9. The summed E-state index contributed by atoms with van der Waals surface area (Å²) < 4.78 is 1.55. The van der Waals surface area contributed by atoms with E-state index < -0.39 is 0 Å². The number of hydrogen-bond donors (Lipinski definition) is 0. The van der Waals surface area contributed by atoms with E-state index in [1.165, 1.54) is 0 Å².